The van der Waals surface area contributed by atoms with E-state index in [2.05, 4.69) is 0 Å². The highest BCUT2D eigenvalue weighted by molar-refractivity contribution is 7.09. The van der Waals surface area contributed by atoms with Gasteiger partial charge in [-0.15, -0.1) is 0 Å². The van der Waals surface area contributed by atoms with Gasteiger partial charge in [0.05, 0.1) is 15.7 Å². The topological polar surface area (TPSA) is 59.3 Å². The van der Waals surface area contributed by atoms with Crippen LogP contribution in [-0.4, -0.2) is 15.6 Å². The van der Waals surface area contributed by atoms with Crippen LogP contribution in [0.5, 0.6) is 0 Å². The smallest absolute Gasteiger partial charge is 0.323 e. The monoisotopic (exact) mass is 317 g/mol. The van der Waals surface area contributed by atoms with Crippen molar-refractivity contribution < 1.29 is 9.90 Å². The van der Waals surface area contributed by atoms with E-state index in [4.69, 9.17) is 28.3 Å². The van der Waals surface area contributed by atoms with Crippen LogP contribution in [-0.2, 0) is 11.3 Å². The van der Waals surface area contributed by atoms with Crippen LogP contribution in [0.1, 0.15) is 4.88 Å². The van der Waals surface area contributed by atoms with Crippen molar-refractivity contribution in [1.29, 1.82) is 0 Å². The Kier molecular flexibility index (Phi) is 3.99. The van der Waals surface area contributed by atoms with Crippen molar-refractivity contribution >= 4 is 40.5 Å². The maximum absolute atomic E-state index is 11.8. The Hall–Kier alpha value is -1.30. The van der Waals surface area contributed by atoms with Gasteiger partial charge < -0.3 is 5.11 Å². The molecule has 2 aromatic rings. The van der Waals surface area contributed by atoms with Crippen LogP contribution in [0, 0.1) is 6.92 Å². The number of halogens is 2. The minimum atomic E-state index is -1.07. The number of thiazole rings is 1. The van der Waals surface area contributed by atoms with E-state index in [0.717, 1.165) is 16.2 Å². The molecular formula is C12H9Cl2NO3S. The molecule has 1 aromatic heterocycles. The summed E-state index contributed by atoms with van der Waals surface area (Å²) in [4.78, 5) is 23.0. The number of aliphatic carboxylic acids is 1. The lowest BCUT2D eigenvalue weighted by molar-refractivity contribution is -0.137. The molecule has 19 heavy (non-hydrogen) atoms. The van der Waals surface area contributed by atoms with Crippen molar-refractivity contribution in [2.24, 2.45) is 0 Å². The van der Waals surface area contributed by atoms with E-state index in [0.29, 0.717) is 21.3 Å². The summed E-state index contributed by atoms with van der Waals surface area (Å²) in [5.41, 5.74) is 1.24. The standard InChI is InChI=1S/C12H9Cl2NO3S/c1-6-11(7-2-3-8(13)9(14)4-7)15(5-10(16)17)12(18)19-6/h2-4H,5H2,1H3,(H,16,17). The summed E-state index contributed by atoms with van der Waals surface area (Å²) in [6, 6.07) is 4.95. The van der Waals surface area contributed by atoms with Gasteiger partial charge in [-0.1, -0.05) is 40.6 Å². The van der Waals surface area contributed by atoms with E-state index in [1.165, 1.54) is 4.57 Å². The number of carboxylic acids is 1. The number of rotatable bonds is 3. The summed E-state index contributed by atoms with van der Waals surface area (Å²) in [5.74, 6) is -1.07. The maximum atomic E-state index is 11.8. The molecule has 0 aliphatic heterocycles. The van der Waals surface area contributed by atoms with Crippen LogP contribution >= 0.6 is 34.5 Å². The second-order valence-corrected chi connectivity index (χ2v) is 5.86. The van der Waals surface area contributed by atoms with Gasteiger partial charge in [0.15, 0.2) is 0 Å². The summed E-state index contributed by atoms with van der Waals surface area (Å²) in [6.45, 7) is 1.39. The molecule has 2 rings (SSSR count). The van der Waals surface area contributed by atoms with Crippen molar-refractivity contribution in [1.82, 2.24) is 4.57 Å². The van der Waals surface area contributed by atoms with E-state index in [1.807, 2.05) is 0 Å². The van der Waals surface area contributed by atoms with Gasteiger partial charge in [-0.25, -0.2) is 0 Å². The Morgan fingerprint density at radius 3 is 2.63 bits per heavy atom. The Morgan fingerprint density at radius 1 is 1.37 bits per heavy atom. The fourth-order valence-electron chi connectivity index (χ4n) is 1.80. The molecular weight excluding hydrogens is 309 g/mol. The first kappa shape index (κ1) is 14.1. The molecule has 0 saturated carbocycles. The van der Waals surface area contributed by atoms with Crippen LogP contribution in [0.25, 0.3) is 11.3 Å². The molecule has 100 valence electrons. The number of hydrogen-bond donors (Lipinski definition) is 1. The molecule has 0 amide bonds. The van der Waals surface area contributed by atoms with Gasteiger partial charge in [0, 0.05) is 10.4 Å². The minimum absolute atomic E-state index is 0.305. The predicted molar refractivity (Wildman–Crippen MR) is 76.4 cm³/mol. The number of carbonyl (C=O) groups is 1. The number of benzene rings is 1. The van der Waals surface area contributed by atoms with Crippen molar-refractivity contribution in [3.8, 4) is 11.3 Å². The molecule has 4 nitrogen and oxygen atoms in total. The van der Waals surface area contributed by atoms with Gasteiger partial charge in [0.1, 0.15) is 6.54 Å². The van der Waals surface area contributed by atoms with Crippen LogP contribution < -0.4 is 4.87 Å². The average molecular weight is 318 g/mol. The summed E-state index contributed by atoms with van der Waals surface area (Å²) in [7, 11) is 0. The summed E-state index contributed by atoms with van der Waals surface area (Å²) < 4.78 is 1.22. The summed E-state index contributed by atoms with van der Waals surface area (Å²) >= 11 is 12.8. The Labute approximate surface area is 122 Å². The van der Waals surface area contributed by atoms with E-state index in [9.17, 15) is 9.59 Å². The van der Waals surface area contributed by atoms with Gasteiger partial charge in [0.2, 0.25) is 0 Å². The molecule has 0 saturated heterocycles. The lowest BCUT2D eigenvalue weighted by Gasteiger charge is -2.07. The molecule has 1 aromatic carbocycles. The second kappa shape index (κ2) is 5.36. The van der Waals surface area contributed by atoms with Gasteiger partial charge in [-0.3, -0.25) is 14.2 Å². The van der Waals surface area contributed by atoms with Crippen molar-refractivity contribution in [3.05, 3.63) is 42.8 Å². The van der Waals surface area contributed by atoms with E-state index >= 15 is 0 Å². The zero-order chi connectivity index (χ0) is 14.2. The molecule has 0 atom stereocenters. The Bertz CT molecular complexity index is 705. The molecule has 7 heteroatoms. The number of hydrogen-bond acceptors (Lipinski definition) is 3. The number of aryl methyl sites for hydroxylation is 1. The van der Waals surface area contributed by atoms with Crippen LogP contribution in [0.4, 0.5) is 0 Å². The molecule has 0 spiro atoms. The van der Waals surface area contributed by atoms with Gasteiger partial charge >= 0.3 is 10.8 Å². The lowest BCUT2D eigenvalue weighted by atomic mass is 10.1. The fraction of sp³-hybridized carbons (Fsp3) is 0.167. The quantitative estimate of drug-likeness (QED) is 0.945. The summed E-state index contributed by atoms with van der Waals surface area (Å²) in [5, 5.41) is 9.64. The molecule has 0 bridgehead atoms. The zero-order valence-electron chi connectivity index (χ0n) is 9.81. The number of aromatic nitrogens is 1. The third kappa shape index (κ3) is 2.83. The Balaban J connectivity index is 2.63. The van der Waals surface area contributed by atoms with Crippen molar-refractivity contribution in [2.45, 2.75) is 13.5 Å². The first-order chi connectivity index (χ1) is 8.90. The highest BCUT2D eigenvalue weighted by atomic mass is 35.5. The first-order valence-corrected chi connectivity index (χ1v) is 6.85. The number of carboxylic acid groups (broad SMARTS) is 1. The molecule has 0 unspecified atom stereocenters. The maximum Gasteiger partial charge on any atom is 0.323 e. The number of nitrogens with zero attached hydrogens (tertiary/aromatic N) is 1. The molecule has 1 N–H and O–H groups in total. The average Bonchev–Trinajstić information content (AvgIpc) is 2.57. The third-order valence-corrected chi connectivity index (χ3v) is 4.18. The molecule has 0 radical (unpaired) electrons. The van der Waals surface area contributed by atoms with Gasteiger partial charge in [0.25, 0.3) is 0 Å². The lowest BCUT2D eigenvalue weighted by Crippen LogP contribution is -2.19. The fourth-order valence-corrected chi connectivity index (χ4v) is 2.95. The molecule has 0 aliphatic rings. The first-order valence-electron chi connectivity index (χ1n) is 5.27. The SMILES string of the molecule is Cc1sc(=O)n(CC(=O)O)c1-c1ccc(Cl)c(Cl)c1. The van der Waals surface area contributed by atoms with Gasteiger partial charge in [-0.2, -0.15) is 0 Å². The third-order valence-electron chi connectivity index (χ3n) is 2.55. The molecule has 0 fully saturated rings. The van der Waals surface area contributed by atoms with Crippen LogP contribution in [0.3, 0.4) is 0 Å². The molecule has 1 heterocycles. The van der Waals surface area contributed by atoms with Gasteiger partial charge in [-0.05, 0) is 19.1 Å². The highest BCUT2D eigenvalue weighted by Crippen LogP contribution is 2.31. The van der Waals surface area contributed by atoms with Crippen molar-refractivity contribution in [3.63, 3.8) is 0 Å². The van der Waals surface area contributed by atoms with Crippen LogP contribution in [0.2, 0.25) is 10.0 Å². The second-order valence-electron chi connectivity index (χ2n) is 3.88. The molecule has 0 aliphatic carbocycles. The highest BCUT2D eigenvalue weighted by Gasteiger charge is 2.16. The van der Waals surface area contributed by atoms with Crippen LogP contribution in [0.15, 0.2) is 23.0 Å². The predicted octanol–water partition coefficient (Wildman–Crippen LogP) is 3.28. The summed E-state index contributed by atoms with van der Waals surface area (Å²) in [6.07, 6.45) is 0. The largest absolute Gasteiger partial charge is 0.480 e. The Morgan fingerprint density at radius 2 is 2.05 bits per heavy atom. The normalized spacial score (nSPS) is 10.7. The zero-order valence-corrected chi connectivity index (χ0v) is 12.1. The van der Waals surface area contributed by atoms with E-state index in [1.54, 1.807) is 25.1 Å². The van der Waals surface area contributed by atoms with E-state index < -0.39 is 5.97 Å². The van der Waals surface area contributed by atoms with Crippen molar-refractivity contribution in [2.75, 3.05) is 0 Å². The minimum Gasteiger partial charge on any atom is -0.480 e. The van der Waals surface area contributed by atoms with E-state index in [-0.39, 0.29) is 11.4 Å².